The molecule has 0 aliphatic carbocycles. The van der Waals surface area contributed by atoms with E-state index in [4.69, 9.17) is 16.9 Å². The molecule has 1 N–H and O–H groups in total. The van der Waals surface area contributed by atoms with E-state index in [2.05, 4.69) is 25.9 Å². The Balaban J connectivity index is 1.53. The Bertz CT molecular complexity index is 864. The molecule has 5 nitrogen and oxygen atoms in total. The van der Waals surface area contributed by atoms with Crippen molar-refractivity contribution in [3.63, 3.8) is 0 Å². The first-order chi connectivity index (χ1) is 12.3. The van der Waals surface area contributed by atoms with Gasteiger partial charge in [0.25, 0.3) is 0 Å². The first kappa shape index (κ1) is 17.2. The minimum absolute atomic E-state index is 0.675. The molecule has 25 heavy (non-hydrogen) atoms. The number of nitriles is 1. The van der Waals surface area contributed by atoms with Crippen LogP contribution in [0.25, 0.3) is 0 Å². The standard InChI is InChI=1S/C19H18ClN5/c20-19-12-23-7-5-17(19)10-22-8-6-18-11-24-14-25(18)13-16-3-1-15(9-21)2-4-16/h1-5,7,11-12,14,22H,6,8,10,13H2. The smallest absolute Gasteiger partial charge is 0.0991 e. The number of hydrogen-bond donors (Lipinski definition) is 1. The maximum atomic E-state index is 8.87. The lowest BCUT2D eigenvalue weighted by Crippen LogP contribution is -2.18. The normalized spacial score (nSPS) is 10.6. The maximum Gasteiger partial charge on any atom is 0.0991 e. The number of pyridine rings is 1. The van der Waals surface area contributed by atoms with E-state index in [1.54, 1.807) is 12.4 Å². The van der Waals surface area contributed by atoms with Gasteiger partial charge in [-0.25, -0.2) is 4.98 Å². The van der Waals surface area contributed by atoms with Crippen molar-refractivity contribution in [2.24, 2.45) is 0 Å². The second kappa shape index (κ2) is 8.43. The molecule has 0 amide bonds. The van der Waals surface area contributed by atoms with Gasteiger partial charge in [0.1, 0.15) is 0 Å². The molecule has 3 aromatic rings. The van der Waals surface area contributed by atoms with Crippen LogP contribution in [0.3, 0.4) is 0 Å². The van der Waals surface area contributed by atoms with Crippen molar-refractivity contribution in [1.29, 1.82) is 5.26 Å². The first-order valence-electron chi connectivity index (χ1n) is 8.03. The zero-order valence-corrected chi connectivity index (χ0v) is 14.4. The number of aromatic nitrogens is 3. The fourth-order valence-electron chi connectivity index (χ4n) is 2.57. The van der Waals surface area contributed by atoms with Gasteiger partial charge in [0.15, 0.2) is 0 Å². The number of imidazole rings is 1. The molecule has 3 rings (SSSR count). The van der Waals surface area contributed by atoms with Crippen LogP contribution in [0.1, 0.15) is 22.4 Å². The number of benzene rings is 1. The summed E-state index contributed by atoms with van der Waals surface area (Å²) in [6, 6.07) is 11.7. The quantitative estimate of drug-likeness (QED) is 0.664. The van der Waals surface area contributed by atoms with E-state index in [9.17, 15) is 0 Å². The molecule has 6 heteroatoms. The van der Waals surface area contributed by atoms with Crippen molar-refractivity contribution in [3.05, 3.63) is 82.7 Å². The van der Waals surface area contributed by atoms with Crippen molar-refractivity contribution in [3.8, 4) is 6.07 Å². The van der Waals surface area contributed by atoms with E-state index in [1.165, 1.54) is 0 Å². The number of hydrogen-bond acceptors (Lipinski definition) is 4. The van der Waals surface area contributed by atoms with Crippen LogP contribution in [0.4, 0.5) is 0 Å². The van der Waals surface area contributed by atoms with Gasteiger partial charge in [0.2, 0.25) is 0 Å². The average molecular weight is 352 g/mol. The van der Waals surface area contributed by atoms with Gasteiger partial charge in [-0.2, -0.15) is 5.26 Å². The highest BCUT2D eigenvalue weighted by atomic mass is 35.5. The van der Waals surface area contributed by atoms with Crippen LogP contribution in [0.5, 0.6) is 0 Å². The third-order valence-corrected chi connectivity index (χ3v) is 4.30. The summed E-state index contributed by atoms with van der Waals surface area (Å²) in [4.78, 5) is 8.24. The minimum Gasteiger partial charge on any atom is -0.330 e. The SMILES string of the molecule is N#Cc1ccc(Cn2cncc2CCNCc2ccncc2Cl)cc1. The Morgan fingerprint density at radius 3 is 2.72 bits per heavy atom. The Labute approximate surface area is 151 Å². The lowest BCUT2D eigenvalue weighted by molar-refractivity contribution is 0.652. The predicted molar refractivity (Wildman–Crippen MR) is 97.1 cm³/mol. The molecule has 0 fully saturated rings. The summed E-state index contributed by atoms with van der Waals surface area (Å²) >= 11 is 6.10. The Morgan fingerprint density at radius 1 is 1.12 bits per heavy atom. The Kier molecular flexibility index (Phi) is 5.78. The molecule has 0 aliphatic heterocycles. The van der Waals surface area contributed by atoms with Crippen molar-refractivity contribution >= 4 is 11.6 Å². The molecule has 1 aromatic carbocycles. The highest BCUT2D eigenvalue weighted by Gasteiger charge is 2.04. The van der Waals surface area contributed by atoms with Gasteiger partial charge in [0.05, 0.1) is 23.0 Å². The van der Waals surface area contributed by atoms with Crippen LogP contribution in [0.2, 0.25) is 5.02 Å². The molecule has 0 saturated heterocycles. The van der Waals surface area contributed by atoms with Gasteiger partial charge in [-0.3, -0.25) is 4.98 Å². The Hall–Kier alpha value is -2.68. The zero-order chi connectivity index (χ0) is 17.5. The van der Waals surface area contributed by atoms with Crippen molar-refractivity contribution in [2.75, 3.05) is 6.54 Å². The largest absolute Gasteiger partial charge is 0.330 e. The number of nitrogens with zero attached hydrogens (tertiary/aromatic N) is 4. The van der Waals surface area contributed by atoms with Gasteiger partial charge in [-0.15, -0.1) is 0 Å². The monoisotopic (exact) mass is 351 g/mol. The molecule has 0 aliphatic rings. The highest BCUT2D eigenvalue weighted by Crippen LogP contribution is 2.13. The Morgan fingerprint density at radius 2 is 1.96 bits per heavy atom. The van der Waals surface area contributed by atoms with Gasteiger partial charge >= 0.3 is 0 Å². The number of rotatable bonds is 7. The van der Waals surface area contributed by atoms with E-state index in [0.717, 1.165) is 36.3 Å². The van der Waals surface area contributed by atoms with E-state index in [1.807, 2.05) is 42.9 Å². The van der Waals surface area contributed by atoms with Crippen LogP contribution in [0.15, 0.2) is 55.2 Å². The first-order valence-corrected chi connectivity index (χ1v) is 8.41. The average Bonchev–Trinajstić information content (AvgIpc) is 3.08. The molecule has 0 radical (unpaired) electrons. The van der Waals surface area contributed by atoms with Crippen molar-refractivity contribution < 1.29 is 0 Å². The summed E-state index contributed by atoms with van der Waals surface area (Å²) in [7, 11) is 0. The molecule has 0 spiro atoms. The molecule has 0 bridgehead atoms. The predicted octanol–water partition coefficient (Wildman–Crippen LogP) is 3.18. The van der Waals surface area contributed by atoms with Gasteiger partial charge in [-0.05, 0) is 29.3 Å². The van der Waals surface area contributed by atoms with Gasteiger partial charge in [0, 0.05) is 50.3 Å². The van der Waals surface area contributed by atoms with Crippen LogP contribution in [0, 0.1) is 11.3 Å². The van der Waals surface area contributed by atoms with Crippen LogP contribution in [-0.2, 0) is 19.5 Å². The van der Waals surface area contributed by atoms with E-state index < -0.39 is 0 Å². The zero-order valence-electron chi connectivity index (χ0n) is 13.7. The highest BCUT2D eigenvalue weighted by molar-refractivity contribution is 6.31. The van der Waals surface area contributed by atoms with E-state index in [0.29, 0.717) is 17.1 Å². The lowest BCUT2D eigenvalue weighted by Gasteiger charge is -2.10. The van der Waals surface area contributed by atoms with Crippen molar-refractivity contribution in [1.82, 2.24) is 19.9 Å². The fraction of sp³-hybridized carbons (Fsp3) is 0.211. The van der Waals surface area contributed by atoms with Crippen LogP contribution < -0.4 is 5.32 Å². The van der Waals surface area contributed by atoms with E-state index >= 15 is 0 Å². The van der Waals surface area contributed by atoms with Crippen molar-refractivity contribution in [2.45, 2.75) is 19.5 Å². The number of halogens is 1. The van der Waals surface area contributed by atoms with Gasteiger partial charge < -0.3 is 9.88 Å². The second-order valence-electron chi connectivity index (χ2n) is 5.72. The molecule has 0 saturated carbocycles. The van der Waals surface area contributed by atoms with E-state index in [-0.39, 0.29) is 0 Å². The topological polar surface area (TPSA) is 66.5 Å². The molecular weight excluding hydrogens is 334 g/mol. The summed E-state index contributed by atoms with van der Waals surface area (Å²) in [6.07, 6.45) is 8.01. The summed E-state index contributed by atoms with van der Waals surface area (Å²) in [5, 5.41) is 12.9. The third kappa shape index (κ3) is 4.66. The van der Waals surface area contributed by atoms with Crippen LogP contribution >= 0.6 is 11.6 Å². The number of nitrogens with one attached hydrogen (secondary N) is 1. The molecule has 2 heterocycles. The minimum atomic E-state index is 0.675. The molecule has 0 unspecified atom stereocenters. The summed E-state index contributed by atoms with van der Waals surface area (Å²) < 4.78 is 2.13. The molecular formula is C19H18ClN5. The molecule has 126 valence electrons. The third-order valence-electron chi connectivity index (χ3n) is 3.96. The lowest BCUT2D eigenvalue weighted by atomic mass is 10.1. The maximum absolute atomic E-state index is 8.87. The fourth-order valence-corrected chi connectivity index (χ4v) is 2.75. The summed E-state index contributed by atoms with van der Waals surface area (Å²) in [5.41, 5.74) is 4.03. The summed E-state index contributed by atoms with van der Waals surface area (Å²) in [6.45, 7) is 2.29. The van der Waals surface area contributed by atoms with Gasteiger partial charge in [-0.1, -0.05) is 23.7 Å². The summed E-state index contributed by atoms with van der Waals surface area (Å²) in [5.74, 6) is 0. The molecule has 0 atom stereocenters. The molecule has 2 aromatic heterocycles. The second-order valence-corrected chi connectivity index (χ2v) is 6.12. The van der Waals surface area contributed by atoms with Crippen LogP contribution in [-0.4, -0.2) is 21.1 Å².